The van der Waals surface area contributed by atoms with Gasteiger partial charge >= 0.3 is 0 Å². The highest BCUT2D eigenvalue weighted by Gasteiger charge is 2.16. The lowest BCUT2D eigenvalue weighted by Gasteiger charge is -2.12. The Kier molecular flexibility index (Phi) is 3.59. The lowest BCUT2D eigenvalue weighted by atomic mass is 10.2. The van der Waals surface area contributed by atoms with Crippen LogP contribution < -0.4 is 9.47 Å². The molecule has 0 bridgehead atoms. The fraction of sp³-hybridized carbons (Fsp3) is 0.364. The van der Waals surface area contributed by atoms with E-state index in [-0.39, 0.29) is 6.54 Å². The number of ether oxygens (including phenoxy) is 2. The summed E-state index contributed by atoms with van der Waals surface area (Å²) in [6.45, 7) is 1.50. The van der Waals surface area contributed by atoms with Crippen molar-refractivity contribution in [2.24, 2.45) is 4.99 Å². The van der Waals surface area contributed by atoms with Crippen molar-refractivity contribution in [2.75, 3.05) is 13.2 Å². The Morgan fingerprint density at radius 3 is 3.00 bits per heavy atom. The molecule has 4 nitrogen and oxygen atoms in total. The summed E-state index contributed by atoms with van der Waals surface area (Å²) >= 11 is 3.41. The van der Waals surface area contributed by atoms with Gasteiger partial charge in [0.2, 0.25) is 6.08 Å². The van der Waals surface area contributed by atoms with E-state index in [2.05, 4.69) is 20.9 Å². The highest BCUT2D eigenvalue weighted by atomic mass is 79.9. The summed E-state index contributed by atoms with van der Waals surface area (Å²) in [5, 5.41) is 0. The second-order valence-corrected chi connectivity index (χ2v) is 4.17. The molecule has 5 heteroatoms. The van der Waals surface area contributed by atoms with Crippen LogP contribution in [0, 0.1) is 0 Å². The van der Waals surface area contributed by atoms with E-state index in [1.54, 1.807) is 0 Å². The maximum Gasteiger partial charge on any atom is 0.235 e. The molecule has 16 heavy (non-hydrogen) atoms. The van der Waals surface area contributed by atoms with Gasteiger partial charge in [0.1, 0.15) is 0 Å². The average molecular weight is 284 g/mol. The highest BCUT2D eigenvalue weighted by molar-refractivity contribution is 9.10. The third-order valence-corrected chi connectivity index (χ3v) is 3.00. The molecule has 0 atom stereocenters. The number of benzene rings is 1. The molecule has 0 radical (unpaired) electrons. The van der Waals surface area contributed by atoms with Crippen molar-refractivity contribution in [3.05, 3.63) is 22.2 Å². The number of fused-ring (bicyclic) bond motifs is 1. The predicted octanol–water partition coefficient (Wildman–Crippen LogP) is 2.45. The first kappa shape index (κ1) is 11.2. The van der Waals surface area contributed by atoms with Crippen LogP contribution in [-0.2, 0) is 11.3 Å². The normalized spacial score (nSPS) is 13.8. The summed E-state index contributed by atoms with van der Waals surface area (Å²) in [6, 6.07) is 3.71. The van der Waals surface area contributed by atoms with Gasteiger partial charge < -0.3 is 9.47 Å². The summed E-state index contributed by atoms with van der Waals surface area (Å²) in [5.74, 6) is 1.38. The zero-order valence-corrected chi connectivity index (χ0v) is 10.1. The molecule has 84 valence electrons. The molecule has 0 amide bonds. The monoisotopic (exact) mass is 283 g/mol. The third-order valence-electron chi connectivity index (χ3n) is 2.26. The minimum absolute atomic E-state index is 0.247. The van der Waals surface area contributed by atoms with E-state index in [0.717, 1.165) is 16.5 Å². The first-order valence-corrected chi connectivity index (χ1v) is 5.73. The standard InChI is InChI=1S/C11H10BrNO3/c12-9-2-3-10-11(8(9)6-13-7-14)16-5-1-4-15-10/h2-3H,1,4-6H2. The number of aliphatic imine (C=N–C) groups is 1. The Bertz CT molecular complexity index is 441. The molecule has 1 aliphatic rings. The maximum atomic E-state index is 10.1. The van der Waals surface area contributed by atoms with Gasteiger partial charge in [-0.05, 0) is 12.1 Å². The molecule has 0 aromatic heterocycles. The van der Waals surface area contributed by atoms with Crippen molar-refractivity contribution in [1.82, 2.24) is 0 Å². The smallest absolute Gasteiger partial charge is 0.235 e. The van der Waals surface area contributed by atoms with Crippen LogP contribution in [0.1, 0.15) is 12.0 Å². The van der Waals surface area contributed by atoms with E-state index >= 15 is 0 Å². The number of isocyanates is 1. The molecular weight excluding hydrogens is 274 g/mol. The van der Waals surface area contributed by atoms with Crippen LogP contribution in [0.3, 0.4) is 0 Å². The first-order chi connectivity index (χ1) is 7.83. The highest BCUT2D eigenvalue weighted by Crippen LogP contribution is 2.38. The van der Waals surface area contributed by atoms with Crippen LogP contribution in [0.4, 0.5) is 0 Å². The van der Waals surface area contributed by atoms with E-state index in [1.165, 1.54) is 6.08 Å². The molecule has 1 heterocycles. The van der Waals surface area contributed by atoms with Crippen molar-refractivity contribution in [2.45, 2.75) is 13.0 Å². The zero-order valence-electron chi connectivity index (χ0n) is 8.53. The number of halogens is 1. The number of hydrogen-bond acceptors (Lipinski definition) is 4. The van der Waals surface area contributed by atoms with Crippen LogP contribution in [0.15, 0.2) is 21.6 Å². The molecule has 0 saturated heterocycles. The van der Waals surface area contributed by atoms with Crippen molar-refractivity contribution in [3.8, 4) is 11.5 Å². The minimum atomic E-state index is 0.247. The SMILES string of the molecule is O=C=NCc1c(Br)ccc2c1OCCCO2. The van der Waals surface area contributed by atoms with E-state index in [0.29, 0.717) is 24.7 Å². The summed E-state index contributed by atoms with van der Waals surface area (Å²) in [4.78, 5) is 13.7. The first-order valence-electron chi connectivity index (χ1n) is 4.93. The molecular formula is C11H10BrNO3. The Morgan fingerprint density at radius 1 is 1.38 bits per heavy atom. The molecule has 0 N–H and O–H groups in total. The van der Waals surface area contributed by atoms with Crippen molar-refractivity contribution in [1.29, 1.82) is 0 Å². The van der Waals surface area contributed by atoms with Gasteiger partial charge in [-0.3, -0.25) is 0 Å². The zero-order chi connectivity index (χ0) is 11.4. The molecule has 1 aromatic rings. The fourth-order valence-corrected chi connectivity index (χ4v) is 1.97. The van der Waals surface area contributed by atoms with E-state index < -0.39 is 0 Å². The number of carbonyl (C=O) groups excluding carboxylic acids is 1. The fourth-order valence-electron chi connectivity index (χ4n) is 1.53. The lowest BCUT2D eigenvalue weighted by Crippen LogP contribution is -1.98. The Balaban J connectivity index is 2.43. The largest absolute Gasteiger partial charge is 0.490 e. The van der Waals surface area contributed by atoms with Gasteiger partial charge in [-0.1, -0.05) is 15.9 Å². The van der Waals surface area contributed by atoms with Gasteiger partial charge in [-0.2, -0.15) is 0 Å². The summed E-state index contributed by atoms with van der Waals surface area (Å²) < 4.78 is 12.0. The number of hydrogen-bond donors (Lipinski definition) is 0. The van der Waals surface area contributed by atoms with E-state index in [4.69, 9.17) is 9.47 Å². The second-order valence-electron chi connectivity index (χ2n) is 3.31. The quantitative estimate of drug-likeness (QED) is 0.619. The molecule has 0 aliphatic carbocycles. The average Bonchev–Trinajstić information content (AvgIpc) is 2.53. The van der Waals surface area contributed by atoms with E-state index in [9.17, 15) is 4.79 Å². The van der Waals surface area contributed by atoms with Crippen LogP contribution in [0.2, 0.25) is 0 Å². The third kappa shape index (κ3) is 2.26. The molecule has 0 fully saturated rings. The molecule has 0 unspecified atom stereocenters. The summed E-state index contributed by atoms with van der Waals surface area (Å²) in [7, 11) is 0. The van der Waals surface area contributed by atoms with Crippen LogP contribution in [0.5, 0.6) is 11.5 Å². The van der Waals surface area contributed by atoms with Crippen LogP contribution in [-0.4, -0.2) is 19.3 Å². The molecule has 1 aliphatic heterocycles. The maximum absolute atomic E-state index is 10.1. The molecule has 0 saturated carbocycles. The summed E-state index contributed by atoms with van der Waals surface area (Å²) in [5.41, 5.74) is 0.822. The van der Waals surface area contributed by atoms with Crippen molar-refractivity contribution < 1.29 is 14.3 Å². The Morgan fingerprint density at radius 2 is 2.19 bits per heavy atom. The Labute approximate surface area is 101 Å². The van der Waals surface area contributed by atoms with Crippen LogP contribution in [0.25, 0.3) is 0 Å². The minimum Gasteiger partial charge on any atom is -0.490 e. The molecule has 1 aromatic carbocycles. The van der Waals surface area contributed by atoms with Gasteiger partial charge in [0, 0.05) is 16.5 Å². The number of nitrogens with zero attached hydrogens (tertiary/aromatic N) is 1. The predicted molar refractivity (Wildman–Crippen MR) is 61.6 cm³/mol. The molecule has 2 rings (SSSR count). The van der Waals surface area contributed by atoms with Gasteiger partial charge in [0.05, 0.1) is 19.8 Å². The van der Waals surface area contributed by atoms with Gasteiger partial charge in [-0.25, -0.2) is 9.79 Å². The van der Waals surface area contributed by atoms with Gasteiger partial charge in [0.15, 0.2) is 11.5 Å². The van der Waals surface area contributed by atoms with Crippen molar-refractivity contribution >= 4 is 22.0 Å². The van der Waals surface area contributed by atoms with Gasteiger partial charge in [-0.15, -0.1) is 0 Å². The van der Waals surface area contributed by atoms with Crippen molar-refractivity contribution in [3.63, 3.8) is 0 Å². The second kappa shape index (κ2) is 5.14. The number of rotatable bonds is 2. The summed E-state index contributed by atoms with van der Waals surface area (Å²) in [6.07, 6.45) is 2.37. The van der Waals surface area contributed by atoms with E-state index in [1.807, 2.05) is 12.1 Å². The lowest BCUT2D eigenvalue weighted by molar-refractivity contribution is 0.296. The topological polar surface area (TPSA) is 47.9 Å². The van der Waals surface area contributed by atoms with Crippen LogP contribution >= 0.6 is 15.9 Å². The Hall–Kier alpha value is -1.32. The molecule has 0 spiro atoms. The van der Waals surface area contributed by atoms with Gasteiger partial charge in [0.25, 0.3) is 0 Å².